The Morgan fingerprint density at radius 2 is 1.55 bits per heavy atom. The third kappa shape index (κ3) is 1.77. The van der Waals surface area contributed by atoms with Gasteiger partial charge >= 0.3 is 0 Å². The van der Waals surface area contributed by atoms with Crippen molar-refractivity contribution >= 4 is 22.2 Å². The molecule has 0 aliphatic rings. The minimum absolute atomic E-state index is 1.19. The predicted molar refractivity (Wildman–Crippen MR) is 87.0 cm³/mol. The van der Waals surface area contributed by atoms with Crippen molar-refractivity contribution < 1.29 is 0 Å². The van der Waals surface area contributed by atoms with E-state index in [4.69, 9.17) is 0 Å². The summed E-state index contributed by atoms with van der Waals surface area (Å²) in [7, 11) is 0. The lowest BCUT2D eigenvalue weighted by atomic mass is 10.0. The maximum atomic E-state index is 3.57. The highest BCUT2D eigenvalue weighted by atomic mass is 32.1. The van der Waals surface area contributed by atoms with Gasteiger partial charge in [0.25, 0.3) is 0 Å². The van der Waals surface area contributed by atoms with Gasteiger partial charge in [0.05, 0.1) is 5.69 Å². The molecule has 0 aliphatic heterocycles. The van der Waals surface area contributed by atoms with Gasteiger partial charge in [-0.15, -0.1) is 0 Å². The van der Waals surface area contributed by atoms with Gasteiger partial charge in [-0.3, -0.25) is 0 Å². The number of aromatic amines is 1. The van der Waals surface area contributed by atoms with Crippen LogP contribution in [0.15, 0.2) is 71.4 Å². The molecule has 2 heterocycles. The van der Waals surface area contributed by atoms with Crippen LogP contribution in [0.5, 0.6) is 0 Å². The second-order valence-electron chi connectivity index (χ2n) is 4.80. The van der Waals surface area contributed by atoms with Crippen LogP contribution in [0.3, 0.4) is 0 Å². The largest absolute Gasteiger partial charge is 0.354 e. The fourth-order valence-corrected chi connectivity index (χ4v) is 3.32. The number of benzene rings is 2. The van der Waals surface area contributed by atoms with E-state index in [1.165, 1.54) is 33.3 Å². The van der Waals surface area contributed by atoms with E-state index < -0.39 is 0 Å². The van der Waals surface area contributed by atoms with Crippen LogP contribution in [-0.2, 0) is 0 Å². The number of aromatic nitrogens is 1. The van der Waals surface area contributed by atoms with Gasteiger partial charge in [-0.05, 0) is 34.0 Å². The minimum atomic E-state index is 1.19. The van der Waals surface area contributed by atoms with Crippen LogP contribution in [0.1, 0.15) is 0 Å². The molecule has 0 saturated heterocycles. The Hall–Kier alpha value is -2.32. The van der Waals surface area contributed by atoms with Crippen LogP contribution in [-0.4, -0.2) is 4.98 Å². The molecular formula is C18H13NS. The normalized spacial score (nSPS) is 11.0. The van der Waals surface area contributed by atoms with Crippen molar-refractivity contribution in [1.82, 2.24) is 4.98 Å². The lowest BCUT2D eigenvalue weighted by Gasteiger charge is -2.03. The molecule has 2 heteroatoms. The summed E-state index contributed by atoms with van der Waals surface area (Å²) in [5.74, 6) is 0. The molecule has 20 heavy (non-hydrogen) atoms. The van der Waals surface area contributed by atoms with Crippen LogP contribution in [0.2, 0.25) is 0 Å². The van der Waals surface area contributed by atoms with E-state index >= 15 is 0 Å². The highest BCUT2D eigenvalue weighted by Gasteiger charge is 2.14. The van der Waals surface area contributed by atoms with Gasteiger partial charge in [0.15, 0.2) is 0 Å². The highest BCUT2D eigenvalue weighted by Crippen LogP contribution is 2.38. The molecule has 96 valence electrons. The first-order chi connectivity index (χ1) is 9.93. The molecule has 0 radical (unpaired) electrons. The monoisotopic (exact) mass is 275 g/mol. The van der Waals surface area contributed by atoms with Crippen LogP contribution >= 0.6 is 11.3 Å². The molecule has 4 aromatic rings. The van der Waals surface area contributed by atoms with Crippen molar-refractivity contribution in [3.05, 3.63) is 71.4 Å². The van der Waals surface area contributed by atoms with E-state index in [2.05, 4.69) is 76.4 Å². The minimum Gasteiger partial charge on any atom is -0.354 e. The lowest BCUT2D eigenvalue weighted by Crippen LogP contribution is -1.80. The zero-order valence-corrected chi connectivity index (χ0v) is 11.7. The molecule has 0 bridgehead atoms. The molecular weight excluding hydrogens is 262 g/mol. The summed E-state index contributed by atoms with van der Waals surface area (Å²) in [6.07, 6.45) is 0. The van der Waals surface area contributed by atoms with Crippen LogP contribution < -0.4 is 0 Å². The number of rotatable bonds is 2. The Labute approximate surface area is 121 Å². The Morgan fingerprint density at radius 1 is 0.750 bits per heavy atom. The summed E-state index contributed by atoms with van der Waals surface area (Å²) < 4.78 is 0. The summed E-state index contributed by atoms with van der Waals surface area (Å²) in [5, 5.41) is 5.62. The van der Waals surface area contributed by atoms with Gasteiger partial charge in [-0.2, -0.15) is 11.3 Å². The summed E-state index contributed by atoms with van der Waals surface area (Å²) in [6.45, 7) is 0. The van der Waals surface area contributed by atoms with E-state index in [1.807, 2.05) is 0 Å². The fraction of sp³-hybridized carbons (Fsp3) is 0. The van der Waals surface area contributed by atoms with Gasteiger partial charge in [0.1, 0.15) is 0 Å². The summed E-state index contributed by atoms with van der Waals surface area (Å²) >= 11 is 1.74. The van der Waals surface area contributed by atoms with E-state index in [-0.39, 0.29) is 0 Å². The number of fused-ring (bicyclic) bond motifs is 1. The van der Waals surface area contributed by atoms with E-state index in [0.717, 1.165) is 0 Å². The highest BCUT2D eigenvalue weighted by molar-refractivity contribution is 7.08. The second kappa shape index (κ2) is 4.66. The molecule has 0 saturated carbocycles. The first-order valence-electron chi connectivity index (χ1n) is 6.62. The zero-order valence-electron chi connectivity index (χ0n) is 10.8. The predicted octanol–water partition coefficient (Wildman–Crippen LogP) is 5.56. The smallest absolute Gasteiger partial charge is 0.0544 e. The van der Waals surface area contributed by atoms with Crippen LogP contribution in [0.4, 0.5) is 0 Å². The van der Waals surface area contributed by atoms with Crippen LogP contribution in [0, 0.1) is 0 Å². The van der Waals surface area contributed by atoms with Crippen molar-refractivity contribution in [3.8, 4) is 22.4 Å². The zero-order chi connectivity index (χ0) is 13.4. The Kier molecular flexibility index (Phi) is 2.68. The molecule has 0 atom stereocenters. The molecule has 0 unspecified atom stereocenters. The van der Waals surface area contributed by atoms with Gasteiger partial charge < -0.3 is 4.98 Å². The SMILES string of the molecule is c1ccc(-c2[nH]c3ccccc3c2-c2ccsc2)cc1. The molecule has 1 nitrogen and oxygen atoms in total. The van der Waals surface area contributed by atoms with Gasteiger partial charge in [-0.25, -0.2) is 0 Å². The molecule has 0 aliphatic carbocycles. The molecule has 1 N–H and O–H groups in total. The molecule has 0 amide bonds. The average Bonchev–Trinajstić information content (AvgIpc) is 3.14. The first-order valence-corrected chi connectivity index (χ1v) is 7.56. The van der Waals surface area contributed by atoms with Gasteiger partial charge in [0, 0.05) is 16.5 Å². The van der Waals surface area contributed by atoms with Crippen molar-refractivity contribution in [3.63, 3.8) is 0 Å². The Morgan fingerprint density at radius 3 is 2.35 bits per heavy atom. The number of hydrogen-bond donors (Lipinski definition) is 1. The number of para-hydroxylation sites is 1. The lowest BCUT2D eigenvalue weighted by molar-refractivity contribution is 1.45. The van der Waals surface area contributed by atoms with Crippen molar-refractivity contribution in [2.45, 2.75) is 0 Å². The van der Waals surface area contributed by atoms with Crippen LogP contribution in [0.25, 0.3) is 33.3 Å². The molecule has 0 fully saturated rings. The first kappa shape index (κ1) is 11.5. The van der Waals surface area contributed by atoms with Crippen molar-refractivity contribution in [2.24, 2.45) is 0 Å². The van der Waals surface area contributed by atoms with Crippen molar-refractivity contribution in [2.75, 3.05) is 0 Å². The van der Waals surface area contributed by atoms with Gasteiger partial charge in [-0.1, -0.05) is 48.5 Å². The fourth-order valence-electron chi connectivity index (χ4n) is 2.67. The maximum Gasteiger partial charge on any atom is 0.0544 e. The Balaban J connectivity index is 2.08. The average molecular weight is 275 g/mol. The Bertz CT molecular complexity index is 842. The molecule has 2 aromatic heterocycles. The number of nitrogens with one attached hydrogen (secondary N) is 1. The number of thiophene rings is 1. The van der Waals surface area contributed by atoms with E-state index in [9.17, 15) is 0 Å². The number of hydrogen-bond acceptors (Lipinski definition) is 1. The van der Waals surface area contributed by atoms with E-state index in [1.54, 1.807) is 11.3 Å². The standard InChI is InChI=1S/C18H13NS/c1-2-6-13(7-3-1)18-17(14-10-11-20-12-14)15-8-4-5-9-16(15)19-18/h1-12,19H. The summed E-state index contributed by atoms with van der Waals surface area (Å²) in [5.41, 5.74) is 6.20. The topological polar surface area (TPSA) is 15.8 Å². The quantitative estimate of drug-likeness (QED) is 0.492. The van der Waals surface area contributed by atoms with E-state index in [0.29, 0.717) is 0 Å². The summed E-state index contributed by atoms with van der Waals surface area (Å²) in [4.78, 5) is 3.57. The third-order valence-electron chi connectivity index (χ3n) is 3.58. The molecule has 0 spiro atoms. The van der Waals surface area contributed by atoms with Gasteiger partial charge in [0.2, 0.25) is 0 Å². The third-order valence-corrected chi connectivity index (χ3v) is 4.26. The second-order valence-corrected chi connectivity index (χ2v) is 5.58. The number of H-pyrrole nitrogens is 1. The molecule has 2 aromatic carbocycles. The summed E-state index contributed by atoms with van der Waals surface area (Å²) in [6, 6.07) is 21.2. The maximum absolute atomic E-state index is 3.57. The van der Waals surface area contributed by atoms with Crippen molar-refractivity contribution in [1.29, 1.82) is 0 Å². The molecule has 4 rings (SSSR count).